The van der Waals surface area contributed by atoms with Crippen molar-refractivity contribution in [2.24, 2.45) is 5.41 Å². The molecule has 4 aromatic rings. The van der Waals surface area contributed by atoms with Crippen molar-refractivity contribution in [2.45, 2.75) is 58.8 Å². The maximum Gasteiger partial charge on any atom is 0.124 e. The molecule has 45 heavy (non-hydrogen) atoms. The summed E-state index contributed by atoms with van der Waals surface area (Å²) < 4.78 is 31.2. The van der Waals surface area contributed by atoms with Gasteiger partial charge in [0.2, 0.25) is 0 Å². The molecule has 0 N–H and O–H groups in total. The van der Waals surface area contributed by atoms with Gasteiger partial charge in [-0.25, -0.2) is 8.42 Å². The minimum atomic E-state index is -4.27. The zero-order valence-corrected chi connectivity index (χ0v) is 28.8. The largest absolute Gasteiger partial charge is 0.744 e. The van der Waals surface area contributed by atoms with Gasteiger partial charge in [0.1, 0.15) is 33.3 Å². The van der Waals surface area contributed by atoms with Gasteiger partial charge >= 0.3 is 0 Å². The molecular weight excluding hydrogens is 591 g/mol. The molecule has 0 saturated carbocycles. The molecule has 5 heteroatoms. The fourth-order valence-corrected chi connectivity index (χ4v) is 10.7. The van der Waals surface area contributed by atoms with Gasteiger partial charge in [-0.3, -0.25) is 0 Å². The van der Waals surface area contributed by atoms with Crippen LogP contribution in [0, 0.1) is 12.3 Å². The van der Waals surface area contributed by atoms with Crippen LogP contribution in [0.25, 0.3) is 0 Å². The Morgan fingerprint density at radius 1 is 0.778 bits per heavy atom. The Labute approximate surface area is 271 Å². The molecule has 0 spiro atoms. The lowest BCUT2D eigenvalue weighted by atomic mass is 9.72. The van der Waals surface area contributed by atoms with Gasteiger partial charge in [0.15, 0.2) is 0 Å². The van der Waals surface area contributed by atoms with Crippen LogP contribution in [0.3, 0.4) is 0 Å². The second kappa shape index (κ2) is 15.1. The molecule has 0 heterocycles. The minimum absolute atomic E-state index is 0.178. The molecule has 0 fully saturated rings. The molecule has 5 rings (SSSR count). The van der Waals surface area contributed by atoms with Crippen LogP contribution in [0.4, 0.5) is 0 Å². The lowest BCUT2D eigenvalue weighted by Crippen LogP contribution is -2.33. The molecule has 0 saturated heterocycles. The Morgan fingerprint density at radius 2 is 1.24 bits per heavy atom. The molecule has 0 aromatic heterocycles. The molecule has 0 unspecified atom stereocenters. The van der Waals surface area contributed by atoms with Gasteiger partial charge < -0.3 is 4.55 Å². The predicted octanol–water partition coefficient (Wildman–Crippen LogP) is 8.91. The van der Waals surface area contributed by atoms with Crippen LogP contribution < -0.4 is 15.9 Å². The first-order valence-corrected chi connectivity index (χ1v) is 18.9. The van der Waals surface area contributed by atoms with Crippen molar-refractivity contribution in [3.63, 3.8) is 0 Å². The van der Waals surface area contributed by atoms with Crippen LogP contribution >= 0.6 is 7.26 Å². The standard InChI is InChI=1S/C33H38P.C7H8O3S/c1-27(22-23-32-28(2)15-14-25-33(32,3)4)24-26-34(29-16-8-5-9-17-29,30-18-10-6-11-19-30)31-20-12-7-13-21-31;1-6-2-4-7(5-3-6)11(8,9)10/h5-13,16-24H,14-15,25-26H2,1-4H3;2-5H,1H3,(H,8,9,10)/q+1;/p-1/b23-22+,27-24+;. The summed E-state index contributed by atoms with van der Waals surface area (Å²) in [7, 11) is -6.09. The number of benzene rings is 4. The van der Waals surface area contributed by atoms with Crippen LogP contribution in [0.15, 0.2) is 155 Å². The summed E-state index contributed by atoms with van der Waals surface area (Å²) in [5, 5.41) is 4.31. The van der Waals surface area contributed by atoms with E-state index in [0.717, 1.165) is 11.7 Å². The lowest BCUT2D eigenvalue weighted by Gasteiger charge is -2.33. The molecule has 0 bridgehead atoms. The van der Waals surface area contributed by atoms with Gasteiger partial charge in [0, 0.05) is 0 Å². The number of allylic oxidation sites excluding steroid dienone is 6. The maximum atomic E-state index is 10.4. The van der Waals surface area contributed by atoms with Crippen molar-refractivity contribution in [1.82, 2.24) is 0 Å². The average Bonchev–Trinajstić information content (AvgIpc) is 3.02. The van der Waals surface area contributed by atoms with E-state index >= 15 is 0 Å². The van der Waals surface area contributed by atoms with Crippen molar-refractivity contribution in [3.05, 3.63) is 156 Å². The zero-order valence-electron chi connectivity index (χ0n) is 27.1. The van der Waals surface area contributed by atoms with Crippen molar-refractivity contribution < 1.29 is 13.0 Å². The average molecular weight is 637 g/mol. The second-order valence-corrected chi connectivity index (χ2v) is 17.4. The predicted molar refractivity (Wildman–Crippen MR) is 192 cm³/mol. The fourth-order valence-electron chi connectivity index (χ4n) is 6.09. The van der Waals surface area contributed by atoms with E-state index < -0.39 is 17.4 Å². The van der Waals surface area contributed by atoms with E-state index in [-0.39, 0.29) is 10.3 Å². The summed E-state index contributed by atoms with van der Waals surface area (Å²) in [6.07, 6.45) is 12.1. The summed E-state index contributed by atoms with van der Waals surface area (Å²) in [6, 6.07) is 39.2. The quantitative estimate of drug-likeness (QED) is 0.110. The van der Waals surface area contributed by atoms with Crippen LogP contribution in [0.5, 0.6) is 0 Å². The zero-order chi connectivity index (χ0) is 32.5. The Hall–Kier alpha value is -3.56. The van der Waals surface area contributed by atoms with E-state index in [1.807, 2.05) is 6.92 Å². The highest BCUT2D eigenvalue weighted by molar-refractivity contribution is 7.95. The highest BCUT2D eigenvalue weighted by Gasteiger charge is 2.44. The summed E-state index contributed by atoms with van der Waals surface area (Å²) >= 11 is 0. The molecule has 0 atom stereocenters. The molecule has 0 radical (unpaired) electrons. The molecule has 0 amide bonds. The van der Waals surface area contributed by atoms with E-state index in [1.165, 1.54) is 58.5 Å². The third-order valence-electron chi connectivity index (χ3n) is 8.64. The maximum absolute atomic E-state index is 10.4. The molecule has 0 aliphatic heterocycles. The molecule has 1 aliphatic rings. The highest BCUT2D eigenvalue weighted by atomic mass is 32.2. The molecule has 1 aliphatic carbocycles. The van der Waals surface area contributed by atoms with Crippen LogP contribution in [-0.4, -0.2) is 19.1 Å². The van der Waals surface area contributed by atoms with E-state index in [4.69, 9.17) is 0 Å². The molecule has 3 nitrogen and oxygen atoms in total. The molecular formula is C40H45O3PS. The van der Waals surface area contributed by atoms with Gasteiger partial charge in [-0.1, -0.05) is 109 Å². The third-order valence-corrected chi connectivity index (χ3v) is 13.8. The number of rotatable bonds is 8. The van der Waals surface area contributed by atoms with Gasteiger partial charge in [-0.15, -0.1) is 0 Å². The Kier molecular flexibility index (Phi) is 11.6. The van der Waals surface area contributed by atoms with Gasteiger partial charge in [0.05, 0.1) is 11.1 Å². The van der Waals surface area contributed by atoms with Gasteiger partial charge in [-0.05, 0) is 106 Å². The Balaban J connectivity index is 0.000000354. The lowest BCUT2D eigenvalue weighted by molar-refractivity contribution is 0.377. The smallest absolute Gasteiger partial charge is 0.124 e. The fraction of sp³-hybridized carbons (Fsp3) is 0.250. The summed E-state index contributed by atoms with van der Waals surface area (Å²) in [5.41, 5.74) is 5.63. The van der Waals surface area contributed by atoms with Crippen molar-refractivity contribution >= 4 is 33.3 Å². The third kappa shape index (κ3) is 8.79. The first kappa shape index (κ1) is 34.3. The number of hydrogen-bond acceptors (Lipinski definition) is 3. The van der Waals surface area contributed by atoms with Crippen molar-refractivity contribution in [2.75, 3.05) is 6.16 Å². The topological polar surface area (TPSA) is 57.2 Å². The van der Waals surface area contributed by atoms with E-state index in [0.29, 0.717) is 0 Å². The first-order valence-electron chi connectivity index (χ1n) is 15.6. The van der Waals surface area contributed by atoms with Crippen LogP contribution in [0.2, 0.25) is 0 Å². The second-order valence-electron chi connectivity index (χ2n) is 12.5. The van der Waals surface area contributed by atoms with E-state index in [2.05, 4.69) is 137 Å². The van der Waals surface area contributed by atoms with Gasteiger partial charge in [0.25, 0.3) is 0 Å². The normalized spacial score (nSPS) is 15.5. The van der Waals surface area contributed by atoms with E-state index in [9.17, 15) is 13.0 Å². The Morgan fingerprint density at radius 3 is 1.67 bits per heavy atom. The monoisotopic (exact) mass is 636 g/mol. The Bertz CT molecular complexity index is 1640. The summed E-state index contributed by atoms with van der Waals surface area (Å²) in [6.45, 7) is 11.2. The van der Waals surface area contributed by atoms with E-state index in [1.54, 1.807) is 17.7 Å². The van der Waals surface area contributed by atoms with Gasteiger partial charge in [-0.2, -0.15) is 0 Å². The molecule has 4 aromatic carbocycles. The first-order chi connectivity index (χ1) is 21.4. The highest BCUT2D eigenvalue weighted by Crippen LogP contribution is 2.55. The number of aryl methyl sites for hydroxylation is 1. The summed E-state index contributed by atoms with van der Waals surface area (Å²) in [5.74, 6) is 0. The van der Waals surface area contributed by atoms with Crippen molar-refractivity contribution in [3.8, 4) is 0 Å². The number of hydrogen-bond donors (Lipinski definition) is 0. The summed E-state index contributed by atoms with van der Waals surface area (Å²) in [4.78, 5) is -0.178. The van der Waals surface area contributed by atoms with Crippen LogP contribution in [0.1, 0.15) is 52.5 Å². The minimum Gasteiger partial charge on any atom is -0.744 e. The van der Waals surface area contributed by atoms with Crippen LogP contribution in [-0.2, 0) is 10.1 Å². The van der Waals surface area contributed by atoms with Crippen molar-refractivity contribution in [1.29, 1.82) is 0 Å². The SMILES string of the molecule is CC1=C(/C=C/C(C)=C/C[P+](c2ccccc2)(c2ccccc2)c2ccccc2)C(C)(C)CCC1.Cc1ccc(S(=O)(=O)[O-])cc1. The molecule has 234 valence electrons.